The molecule has 2 rings (SSSR count). The summed E-state index contributed by atoms with van der Waals surface area (Å²) in [6.45, 7) is 7.15. The first-order chi connectivity index (χ1) is 12.4. The molecule has 26 heavy (non-hydrogen) atoms. The maximum Gasteiger partial charge on any atom is 0.241 e. The number of anilines is 1. The first-order valence-corrected chi connectivity index (χ1v) is 8.76. The van der Waals surface area contributed by atoms with Crippen molar-refractivity contribution in [2.45, 2.75) is 26.8 Å². The van der Waals surface area contributed by atoms with E-state index < -0.39 is 0 Å². The van der Waals surface area contributed by atoms with Crippen molar-refractivity contribution in [3.05, 3.63) is 53.6 Å². The molecular weight excluding hydrogens is 328 g/mol. The zero-order chi connectivity index (χ0) is 19.1. The Bertz CT molecular complexity index is 726. The molecule has 1 N–H and O–H groups in total. The zero-order valence-corrected chi connectivity index (χ0v) is 16.2. The number of amides is 1. The van der Waals surface area contributed by atoms with E-state index >= 15 is 0 Å². The SMILES string of the molecule is COc1ccccc1NC(=O)C(C)N(C)CCOc1cc(C)cc(C)c1. The number of methoxy groups -OCH3 is 1. The van der Waals surface area contributed by atoms with Gasteiger partial charge in [-0.1, -0.05) is 18.2 Å². The average Bonchev–Trinajstić information content (AvgIpc) is 2.60. The minimum Gasteiger partial charge on any atom is -0.495 e. The quantitative estimate of drug-likeness (QED) is 0.784. The van der Waals surface area contributed by atoms with Gasteiger partial charge in [-0.05, 0) is 63.2 Å². The molecule has 0 radical (unpaired) electrons. The van der Waals surface area contributed by atoms with E-state index in [9.17, 15) is 4.79 Å². The summed E-state index contributed by atoms with van der Waals surface area (Å²) in [5, 5.41) is 2.92. The van der Waals surface area contributed by atoms with Crippen LogP contribution in [0.4, 0.5) is 5.69 Å². The van der Waals surface area contributed by atoms with E-state index in [-0.39, 0.29) is 11.9 Å². The van der Waals surface area contributed by atoms with Crippen molar-refractivity contribution >= 4 is 11.6 Å². The van der Waals surface area contributed by atoms with Gasteiger partial charge in [0.1, 0.15) is 18.1 Å². The van der Waals surface area contributed by atoms with Crippen LogP contribution in [0.2, 0.25) is 0 Å². The van der Waals surface area contributed by atoms with E-state index in [1.807, 2.05) is 55.3 Å². The molecule has 0 saturated heterocycles. The molecule has 1 atom stereocenters. The molecule has 0 heterocycles. The second kappa shape index (κ2) is 9.25. The van der Waals surface area contributed by atoms with Gasteiger partial charge in [-0.2, -0.15) is 0 Å². The molecule has 5 heteroatoms. The molecule has 0 bridgehead atoms. The lowest BCUT2D eigenvalue weighted by molar-refractivity contribution is -0.120. The summed E-state index contributed by atoms with van der Waals surface area (Å²) >= 11 is 0. The number of rotatable bonds is 8. The number of likely N-dealkylation sites (N-methyl/N-ethyl adjacent to an activating group) is 1. The molecule has 5 nitrogen and oxygen atoms in total. The number of nitrogens with zero attached hydrogens (tertiary/aromatic N) is 1. The molecule has 140 valence electrons. The second-order valence-electron chi connectivity index (χ2n) is 6.52. The van der Waals surface area contributed by atoms with Crippen LogP contribution in [0.15, 0.2) is 42.5 Å². The van der Waals surface area contributed by atoms with Gasteiger partial charge in [0.25, 0.3) is 0 Å². The van der Waals surface area contributed by atoms with Crippen LogP contribution in [-0.2, 0) is 4.79 Å². The highest BCUT2D eigenvalue weighted by Gasteiger charge is 2.19. The Hall–Kier alpha value is -2.53. The minimum atomic E-state index is -0.289. The van der Waals surface area contributed by atoms with Crippen molar-refractivity contribution < 1.29 is 14.3 Å². The third-order valence-electron chi connectivity index (χ3n) is 4.31. The van der Waals surface area contributed by atoms with E-state index in [0.717, 1.165) is 5.75 Å². The number of hydrogen-bond acceptors (Lipinski definition) is 4. The Morgan fingerprint density at radius 3 is 2.46 bits per heavy atom. The standard InChI is InChI=1S/C21H28N2O3/c1-15-12-16(2)14-18(13-15)26-11-10-23(4)17(3)21(24)22-19-8-6-7-9-20(19)25-5/h6-9,12-14,17H,10-11H2,1-5H3,(H,22,24). The Balaban J connectivity index is 1.86. The Morgan fingerprint density at radius 1 is 1.15 bits per heavy atom. The fourth-order valence-corrected chi connectivity index (χ4v) is 2.70. The predicted molar refractivity (Wildman–Crippen MR) is 105 cm³/mol. The van der Waals surface area contributed by atoms with Crippen LogP contribution >= 0.6 is 0 Å². The molecule has 1 unspecified atom stereocenters. The minimum absolute atomic E-state index is 0.0802. The van der Waals surface area contributed by atoms with E-state index in [0.29, 0.717) is 24.6 Å². The van der Waals surface area contributed by atoms with Crippen LogP contribution in [-0.4, -0.2) is 44.2 Å². The van der Waals surface area contributed by atoms with Crippen LogP contribution in [0.25, 0.3) is 0 Å². The van der Waals surface area contributed by atoms with Crippen molar-refractivity contribution in [1.29, 1.82) is 0 Å². The summed E-state index contributed by atoms with van der Waals surface area (Å²) in [5.41, 5.74) is 3.03. The fraction of sp³-hybridized carbons (Fsp3) is 0.381. The maximum absolute atomic E-state index is 12.5. The Kier molecular flexibility index (Phi) is 7.04. The van der Waals surface area contributed by atoms with E-state index in [4.69, 9.17) is 9.47 Å². The lowest BCUT2D eigenvalue weighted by Gasteiger charge is -2.24. The molecule has 0 fully saturated rings. The molecule has 2 aromatic carbocycles. The molecular formula is C21H28N2O3. The average molecular weight is 356 g/mol. The van der Waals surface area contributed by atoms with Crippen molar-refractivity contribution in [2.24, 2.45) is 0 Å². The molecule has 1 amide bonds. The summed E-state index contributed by atoms with van der Waals surface area (Å²) in [4.78, 5) is 14.5. The van der Waals surface area contributed by atoms with Crippen LogP contribution in [0, 0.1) is 13.8 Å². The zero-order valence-electron chi connectivity index (χ0n) is 16.2. The van der Waals surface area contributed by atoms with Crippen molar-refractivity contribution in [3.63, 3.8) is 0 Å². The third kappa shape index (κ3) is 5.49. The summed E-state index contributed by atoms with van der Waals surface area (Å²) in [6, 6.07) is 13.2. The Labute approximate surface area is 155 Å². The topological polar surface area (TPSA) is 50.8 Å². The number of carbonyl (C=O) groups excluding carboxylic acids is 1. The third-order valence-corrected chi connectivity index (χ3v) is 4.31. The first kappa shape index (κ1) is 19.8. The highest BCUT2D eigenvalue weighted by Crippen LogP contribution is 2.23. The van der Waals surface area contributed by atoms with E-state index in [1.165, 1.54) is 11.1 Å². The molecule has 0 aliphatic heterocycles. The maximum atomic E-state index is 12.5. The lowest BCUT2D eigenvalue weighted by atomic mass is 10.1. The van der Waals surface area contributed by atoms with Gasteiger partial charge in [-0.15, -0.1) is 0 Å². The van der Waals surface area contributed by atoms with Crippen LogP contribution in [0.3, 0.4) is 0 Å². The first-order valence-electron chi connectivity index (χ1n) is 8.76. The van der Waals surface area contributed by atoms with Crippen molar-refractivity contribution in [3.8, 4) is 11.5 Å². The van der Waals surface area contributed by atoms with Crippen LogP contribution < -0.4 is 14.8 Å². The predicted octanol–water partition coefficient (Wildman–Crippen LogP) is 3.65. The normalized spacial score (nSPS) is 11.9. The number of para-hydroxylation sites is 2. The molecule has 0 saturated carbocycles. The summed E-state index contributed by atoms with van der Waals surface area (Å²) in [7, 11) is 3.50. The Morgan fingerprint density at radius 2 is 1.81 bits per heavy atom. The smallest absolute Gasteiger partial charge is 0.241 e. The van der Waals surface area contributed by atoms with Gasteiger partial charge in [0.05, 0.1) is 18.8 Å². The molecule has 0 aliphatic rings. The summed E-state index contributed by atoms with van der Waals surface area (Å²) in [6.07, 6.45) is 0. The molecule has 0 aromatic heterocycles. The summed E-state index contributed by atoms with van der Waals surface area (Å²) < 4.78 is 11.1. The van der Waals surface area contributed by atoms with Gasteiger partial charge in [0.15, 0.2) is 0 Å². The van der Waals surface area contributed by atoms with E-state index in [1.54, 1.807) is 7.11 Å². The number of ether oxygens (including phenoxy) is 2. The summed E-state index contributed by atoms with van der Waals surface area (Å²) in [5.74, 6) is 1.43. The number of benzene rings is 2. The van der Waals surface area contributed by atoms with Gasteiger partial charge >= 0.3 is 0 Å². The number of aryl methyl sites for hydroxylation is 2. The molecule has 0 aliphatic carbocycles. The van der Waals surface area contributed by atoms with Gasteiger partial charge in [-0.25, -0.2) is 0 Å². The number of carbonyl (C=O) groups is 1. The van der Waals surface area contributed by atoms with Gasteiger partial charge in [0.2, 0.25) is 5.91 Å². The van der Waals surface area contributed by atoms with Gasteiger partial charge < -0.3 is 14.8 Å². The number of hydrogen-bond donors (Lipinski definition) is 1. The van der Waals surface area contributed by atoms with Crippen molar-refractivity contribution in [1.82, 2.24) is 4.90 Å². The van der Waals surface area contributed by atoms with Crippen molar-refractivity contribution in [2.75, 3.05) is 32.6 Å². The van der Waals surface area contributed by atoms with Crippen LogP contribution in [0.1, 0.15) is 18.1 Å². The largest absolute Gasteiger partial charge is 0.495 e. The fourth-order valence-electron chi connectivity index (χ4n) is 2.70. The second-order valence-corrected chi connectivity index (χ2v) is 6.52. The highest BCUT2D eigenvalue weighted by atomic mass is 16.5. The van der Waals surface area contributed by atoms with E-state index in [2.05, 4.69) is 25.2 Å². The molecule has 2 aromatic rings. The number of nitrogens with one attached hydrogen (secondary N) is 1. The highest BCUT2D eigenvalue weighted by molar-refractivity contribution is 5.95. The lowest BCUT2D eigenvalue weighted by Crippen LogP contribution is -2.41. The monoisotopic (exact) mass is 356 g/mol. The molecule has 0 spiro atoms. The van der Waals surface area contributed by atoms with Crippen LogP contribution in [0.5, 0.6) is 11.5 Å². The van der Waals surface area contributed by atoms with Gasteiger partial charge in [-0.3, -0.25) is 9.69 Å². The van der Waals surface area contributed by atoms with Gasteiger partial charge in [0, 0.05) is 6.54 Å².